The fourth-order valence-corrected chi connectivity index (χ4v) is 3.82. The van der Waals surface area contributed by atoms with E-state index in [0.717, 1.165) is 36.2 Å². The monoisotopic (exact) mass is 372 g/mol. The molecule has 2 N–H and O–H groups in total. The zero-order valence-electron chi connectivity index (χ0n) is 14.9. The predicted octanol–water partition coefficient (Wildman–Crippen LogP) is 2.98. The highest BCUT2D eigenvalue weighted by molar-refractivity contribution is 8.00. The van der Waals surface area contributed by atoms with E-state index in [1.54, 1.807) is 0 Å². The second-order valence-electron chi connectivity index (χ2n) is 6.93. The van der Waals surface area contributed by atoms with Gasteiger partial charge in [-0.3, -0.25) is 4.79 Å². The Bertz CT molecular complexity index is 790. The number of thioether (sulfide) groups is 1. The van der Waals surface area contributed by atoms with Gasteiger partial charge in [-0.2, -0.15) is 0 Å². The maximum Gasteiger partial charge on any atom is 0.233 e. The van der Waals surface area contributed by atoms with Gasteiger partial charge in [0.1, 0.15) is 5.82 Å². The number of rotatable bonds is 7. The lowest BCUT2D eigenvalue weighted by Crippen LogP contribution is -2.36. The first-order valence-corrected chi connectivity index (χ1v) is 10.2. The number of fused-ring (bicyclic) bond motifs is 1. The molecular formula is C19H24N4O2S. The van der Waals surface area contributed by atoms with Gasteiger partial charge >= 0.3 is 0 Å². The van der Waals surface area contributed by atoms with Gasteiger partial charge in [0.15, 0.2) is 5.16 Å². The van der Waals surface area contributed by atoms with Crippen molar-refractivity contribution in [1.82, 2.24) is 15.3 Å². The van der Waals surface area contributed by atoms with Crippen LogP contribution in [0.25, 0.3) is 10.9 Å². The van der Waals surface area contributed by atoms with Crippen molar-refractivity contribution in [3.8, 4) is 0 Å². The summed E-state index contributed by atoms with van der Waals surface area (Å²) >= 11 is 1.40. The smallest absolute Gasteiger partial charge is 0.233 e. The van der Waals surface area contributed by atoms with E-state index in [2.05, 4.69) is 20.6 Å². The summed E-state index contributed by atoms with van der Waals surface area (Å²) < 4.78 is 5.55. The van der Waals surface area contributed by atoms with Gasteiger partial charge in [0.25, 0.3) is 0 Å². The van der Waals surface area contributed by atoms with Gasteiger partial charge in [-0.25, -0.2) is 9.97 Å². The summed E-state index contributed by atoms with van der Waals surface area (Å²) in [4.78, 5) is 21.7. The number of hydrogen-bond donors (Lipinski definition) is 2. The first-order chi connectivity index (χ1) is 12.7. The van der Waals surface area contributed by atoms with Crippen molar-refractivity contribution < 1.29 is 9.53 Å². The van der Waals surface area contributed by atoms with Gasteiger partial charge in [0.05, 0.1) is 16.9 Å². The Kier molecular flexibility index (Phi) is 5.26. The van der Waals surface area contributed by atoms with Crippen molar-refractivity contribution in [3.63, 3.8) is 0 Å². The second kappa shape index (κ2) is 7.80. The summed E-state index contributed by atoms with van der Waals surface area (Å²) in [6.07, 6.45) is 4.62. The van der Waals surface area contributed by atoms with E-state index in [1.807, 2.05) is 31.2 Å². The fraction of sp³-hybridized carbons (Fsp3) is 0.526. The number of ether oxygens (including phenoxy) is 1. The topological polar surface area (TPSA) is 76.1 Å². The molecule has 2 atom stereocenters. The minimum atomic E-state index is -0.258. The summed E-state index contributed by atoms with van der Waals surface area (Å²) in [5.41, 5.74) is 0.903. The molecule has 1 aliphatic carbocycles. The van der Waals surface area contributed by atoms with E-state index in [0.29, 0.717) is 17.7 Å². The van der Waals surface area contributed by atoms with Gasteiger partial charge in [0, 0.05) is 24.6 Å². The molecule has 1 saturated carbocycles. The van der Waals surface area contributed by atoms with Gasteiger partial charge in [0.2, 0.25) is 5.91 Å². The van der Waals surface area contributed by atoms with E-state index < -0.39 is 0 Å². The summed E-state index contributed by atoms with van der Waals surface area (Å²) in [7, 11) is 0. The molecule has 0 spiro atoms. The third kappa shape index (κ3) is 4.27. The minimum absolute atomic E-state index is 0.000962. The maximum atomic E-state index is 12.4. The van der Waals surface area contributed by atoms with Crippen LogP contribution in [0.15, 0.2) is 29.4 Å². The average Bonchev–Trinajstić information content (AvgIpc) is 3.30. The maximum absolute atomic E-state index is 12.4. The summed E-state index contributed by atoms with van der Waals surface area (Å²) in [6.45, 7) is 3.27. The van der Waals surface area contributed by atoms with Crippen molar-refractivity contribution >= 4 is 34.4 Å². The van der Waals surface area contributed by atoms with E-state index in [4.69, 9.17) is 4.74 Å². The molecule has 138 valence electrons. The summed E-state index contributed by atoms with van der Waals surface area (Å²) in [5.74, 6) is 0.867. The number of anilines is 1. The number of carbonyl (C=O) groups is 1. The summed E-state index contributed by atoms with van der Waals surface area (Å²) in [5, 5.41) is 7.87. The van der Waals surface area contributed by atoms with Crippen LogP contribution in [0.1, 0.15) is 32.6 Å². The molecule has 2 unspecified atom stereocenters. The van der Waals surface area contributed by atoms with Crippen molar-refractivity contribution in [1.29, 1.82) is 0 Å². The molecule has 2 fully saturated rings. The molecule has 1 aromatic carbocycles. The van der Waals surface area contributed by atoms with Crippen LogP contribution >= 0.6 is 11.8 Å². The van der Waals surface area contributed by atoms with Crippen molar-refractivity contribution in [2.24, 2.45) is 0 Å². The van der Waals surface area contributed by atoms with E-state index in [-0.39, 0.29) is 17.3 Å². The third-order valence-electron chi connectivity index (χ3n) is 4.68. The van der Waals surface area contributed by atoms with Gasteiger partial charge in [-0.1, -0.05) is 23.9 Å². The zero-order chi connectivity index (χ0) is 17.9. The van der Waals surface area contributed by atoms with Gasteiger partial charge in [-0.05, 0) is 44.7 Å². The fourth-order valence-electron chi connectivity index (χ4n) is 3.01. The van der Waals surface area contributed by atoms with Crippen molar-refractivity contribution in [2.45, 2.75) is 55.2 Å². The van der Waals surface area contributed by atoms with Crippen LogP contribution in [0.3, 0.4) is 0 Å². The predicted molar refractivity (Wildman–Crippen MR) is 103 cm³/mol. The highest BCUT2D eigenvalue weighted by Crippen LogP contribution is 2.30. The van der Waals surface area contributed by atoms with E-state index in [9.17, 15) is 4.79 Å². The largest absolute Gasteiger partial charge is 0.376 e. The van der Waals surface area contributed by atoms with Crippen LogP contribution in [-0.2, 0) is 9.53 Å². The van der Waals surface area contributed by atoms with Gasteiger partial charge < -0.3 is 15.4 Å². The highest BCUT2D eigenvalue weighted by Gasteiger charge is 2.24. The van der Waals surface area contributed by atoms with Crippen LogP contribution in [0.4, 0.5) is 5.82 Å². The second-order valence-corrected chi connectivity index (χ2v) is 8.24. The Morgan fingerprint density at radius 1 is 1.31 bits per heavy atom. The SMILES string of the molecule is CC(Sc1nc(NC2CC2)c2ccccc2n1)C(=O)NCC1CCCO1. The molecule has 0 radical (unpaired) electrons. The summed E-state index contributed by atoms with van der Waals surface area (Å²) in [6, 6.07) is 8.51. The Morgan fingerprint density at radius 2 is 2.15 bits per heavy atom. The molecule has 1 aromatic heterocycles. The van der Waals surface area contributed by atoms with Crippen LogP contribution in [0.2, 0.25) is 0 Å². The molecule has 2 aliphatic rings. The highest BCUT2D eigenvalue weighted by atomic mass is 32.2. The number of carbonyl (C=O) groups excluding carboxylic acids is 1. The number of hydrogen-bond acceptors (Lipinski definition) is 6. The first-order valence-electron chi connectivity index (χ1n) is 9.28. The van der Waals surface area contributed by atoms with Crippen molar-refractivity contribution in [2.75, 3.05) is 18.5 Å². The zero-order valence-corrected chi connectivity index (χ0v) is 15.7. The average molecular weight is 372 g/mol. The van der Waals surface area contributed by atoms with Gasteiger partial charge in [-0.15, -0.1) is 0 Å². The Morgan fingerprint density at radius 3 is 2.92 bits per heavy atom. The van der Waals surface area contributed by atoms with Crippen LogP contribution in [-0.4, -0.2) is 46.4 Å². The number of nitrogens with one attached hydrogen (secondary N) is 2. The van der Waals surface area contributed by atoms with Crippen LogP contribution in [0.5, 0.6) is 0 Å². The minimum Gasteiger partial charge on any atom is -0.376 e. The standard InChI is InChI=1S/C19H24N4O2S/c1-12(18(24)20-11-14-5-4-10-25-14)26-19-22-16-7-3-2-6-15(16)17(23-19)21-13-8-9-13/h2-3,6-7,12-14H,4-5,8-11H2,1H3,(H,20,24)(H,21,22,23). The first kappa shape index (κ1) is 17.5. The number of aromatic nitrogens is 2. The lowest BCUT2D eigenvalue weighted by Gasteiger charge is -2.15. The van der Waals surface area contributed by atoms with Crippen LogP contribution in [0, 0.1) is 0 Å². The normalized spacial score (nSPS) is 20.9. The molecule has 1 saturated heterocycles. The van der Waals surface area contributed by atoms with Crippen LogP contribution < -0.4 is 10.6 Å². The lowest BCUT2D eigenvalue weighted by atomic mass is 10.2. The molecule has 1 amide bonds. The molecular weight excluding hydrogens is 348 g/mol. The number of para-hydroxylation sites is 1. The molecule has 4 rings (SSSR count). The third-order valence-corrected chi connectivity index (χ3v) is 5.64. The Balaban J connectivity index is 1.44. The molecule has 0 bridgehead atoms. The Hall–Kier alpha value is -1.86. The molecule has 1 aliphatic heterocycles. The Labute approximate surface area is 157 Å². The number of benzene rings is 1. The molecule has 2 aromatic rings. The number of nitrogens with zero attached hydrogens (tertiary/aromatic N) is 2. The van der Waals surface area contributed by atoms with E-state index >= 15 is 0 Å². The number of amides is 1. The molecule has 6 nitrogen and oxygen atoms in total. The molecule has 26 heavy (non-hydrogen) atoms. The van der Waals surface area contributed by atoms with E-state index in [1.165, 1.54) is 24.6 Å². The molecule has 2 heterocycles. The lowest BCUT2D eigenvalue weighted by molar-refractivity contribution is -0.120. The molecule has 7 heteroatoms. The van der Waals surface area contributed by atoms with Crippen molar-refractivity contribution in [3.05, 3.63) is 24.3 Å². The quantitative estimate of drug-likeness (QED) is 0.575.